The summed E-state index contributed by atoms with van der Waals surface area (Å²) < 4.78 is 12.7. The van der Waals surface area contributed by atoms with E-state index in [-0.39, 0.29) is 5.56 Å². The molecule has 2 aromatic heterocycles. The van der Waals surface area contributed by atoms with E-state index >= 15 is 0 Å². The number of fused-ring (bicyclic) bond motifs is 1. The first-order valence-electron chi connectivity index (χ1n) is 9.28. The third kappa shape index (κ3) is 3.38. The number of esters is 1. The number of methoxy groups -OCH3 is 1. The normalized spacial score (nSPS) is 16.5. The van der Waals surface area contributed by atoms with Gasteiger partial charge in [0, 0.05) is 6.08 Å². The fourth-order valence-corrected chi connectivity index (χ4v) is 4.48. The van der Waals surface area contributed by atoms with Crippen molar-refractivity contribution in [1.29, 1.82) is 0 Å². The second kappa shape index (κ2) is 7.67. The van der Waals surface area contributed by atoms with Gasteiger partial charge in [-0.15, -0.1) is 0 Å². The van der Waals surface area contributed by atoms with Crippen LogP contribution in [0.4, 0.5) is 0 Å². The van der Waals surface area contributed by atoms with Crippen LogP contribution in [-0.2, 0) is 9.53 Å². The fourth-order valence-electron chi connectivity index (χ4n) is 3.48. The number of rotatable bonds is 4. The monoisotopic (exact) mass is 408 g/mol. The molecule has 0 saturated carbocycles. The van der Waals surface area contributed by atoms with Crippen LogP contribution in [0.5, 0.6) is 0 Å². The molecule has 0 aliphatic carbocycles. The zero-order chi connectivity index (χ0) is 20.5. The number of carbonyl (C=O) groups excluding carboxylic acids is 1. The molecule has 6 nitrogen and oxygen atoms in total. The molecule has 0 unspecified atom stereocenters. The maximum absolute atomic E-state index is 13.3. The molecule has 148 valence electrons. The molecule has 1 aliphatic rings. The number of allylic oxidation sites excluding steroid dienone is 1. The Balaban J connectivity index is 2.01. The lowest BCUT2D eigenvalue weighted by atomic mass is 9.95. The van der Waals surface area contributed by atoms with Crippen molar-refractivity contribution in [2.24, 2.45) is 4.99 Å². The number of thiazole rings is 1. The Morgan fingerprint density at radius 2 is 2.03 bits per heavy atom. The number of nitrogens with zero attached hydrogens (tertiary/aromatic N) is 2. The molecular formula is C22H20N2O4S. The van der Waals surface area contributed by atoms with Gasteiger partial charge in [0.2, 0.25) is 0 Å². The lowest BCUT2D eigenvalue weighted by molar-refractivity contribution is -0.136. The summed E-state index contributed by atoms with van der Waals surface area (Å²) in [6.45, 7) is 3.79. The van der Waals surface area contributed by atoms with E-state index in [9.17, 15) is 9.59 Å². The van der Waals surface area contributed by atoms with E-state index in [1.165, 1.54) is 18.4 Å². The van der Waals surface area contributed by atoms with Gasteiger partial charge in [0.05, 0.1) is 29.0 Å². The number of benzene rings is 1. The molecule has 0 fully saturated rings. The molecule has 1 aliphatic heterocycles. The largest absolute Gasteiger partial charge is 0.466 e. The van der Waals surface area contributed by atoms with Crippen LogP contribution in [0.15, 0.2) is 67.9 Å². The van der Waals surface area contributed by atoms with Crippen LogP contribution in [0.3, 0.4) is 0 Å². The highest BCUT2D eigenvalue weighted by Gasteiger charge is 2.33. The molecule has 0 saturated heterocycles. The van der Waals surface area contributed by atoms with Crippen molar-refractivity contribution in [2.75, 3.05) is 7.11 Å². The summed E-state index contributed by atoms with van der Waals surface area (Å²) in [5.74, 6) is 0.898. The first-order valence-corrected chi connectivity index (χ1v) is 10.1. The average molecular weight is 408 g/mol. The van der Waals surface area contributed by atoms with Gasteiger partial charge in [-0.1, -0.05) is 48.6 Å². The summed E-state index contributed by atoms with van der Waals surface area (Å²) in [5, 5.41) is 0. The van der Waals surface area contributed by atoms with Crippen LogP contribution in [0, 0.1) is 6.92 Å². The lowest BCUT2D eigenvalue weighted by Crippen LogP contribution is -2.40. The van der Waals surface area contributed by atoms with E-state index in [0.717, 1.165) is 11.3 Å². The molecular weight excluding hydrogens is 388 g/mol. The first-order chi connectivity index (χ1) is 14.0. The predicted octanol–water partition coefficient (Wildman–Crippen LogP) is 2.70. The van der Waals surface area contributed by atoms with E-state index < -0.39 is 12.0 Å². The van der Waals surface area contributed by atoms with Gasteiger partial charge in [0.25, 0.3) is 5.56 Å². The SMILES string of the molecule is CCC1=C(C(=O)OC)[C@H](c2ccccc2)n2c(s/c(=C\c3ccc(C)o3)c2=O)=N1. The highest BCUT2D eigenvalue weighted by atomic mass is 32.1. The molecule has 7 heteroatoms. The van der Waals surface area contributed by atoms with Crippen molar-refractivity contribution in [3.63, 3.8) is 0 Å². The number of furan rings is 1. The van der Waals surface area contributed by atoms with Crippen LogP contribution in [0.2, 0.25) is 0 Å². The molecule has 0 N–H and O–H groups in total. The number of aromatic nitrogens is 1. The van der Waals surface area contributed by atoms with Crippen molar-refractivity contribution in [1.82, 2.24) is 4.57 Å². The van der Waals surface area contributed by atoms with Crippen molar-refractivity contribution >= 4 is 23.4 Å². The molecule has 1 aromatic carbocycles. The number of hydrogen-bond acceptors (Lipinski definition) is 6. The summed E-state index contributed by atoms with van der Waals surface area (Å²) in [7, 11) is 1.34. The third-order valence-electron chi connectivity index (χ3n) is 4.80. The molecule has 0 spiro atoms. The summed E-state index contributed by atoms with van der Waals surface area (Å²) >= 11 is 1.29. The van der Waals surface area contributed by atoms with Gasteiger partial charge in [0.15, 0.2) is 4.80 Å². The molecule has 29 heavy (non-hydrogen) atoms. The van der Waals surface area contributed by atoms with Crippen LogP contribution >= 0.6 is 11.3 Å². The van der Waals surface area contributed by atoms with Crippen LogP contribution in [-0.4, -0.2) is 17.6 Å². The summed E-state index contributed by atoms with van der Waals surface area (Å²) in [6, 6.07) is 12.6. The topological polar surface area (TPSA) is 73.8 Å². The second-order valence-electron chi connectivity index (χ2n) is 6.65. The van der Waals surface area contributed by atoms with Crippen molar-refractivity contribution < 1.29 is 13.9 Å². The summed E-state index contributed by atoms with van der Waals surface area (Å²) in [4.78, 5) is 31.2. The summed E-state index contributed by atoms with van der Waals surface area (Å²) in [5.41, 5.74) is 1.64. The van der Waals surface area contributed by atoms with E-state index in [2.05, 4.69) is 4.99 Å². The molecule has 3 aromatic rings. The third-order valence-corrected chi connectivity index (χ3v) is 5.78. The fraction of sp³-hybridized carbons (Fsp3) is 0.227. The van der Waals surface area contributed by atoms with Gasteiger partial charge in [0.1, 0.15) is 11.5 Å². The zero-order valence-corrected chi connectivity index (χ0v) is 17.2. The molecule has 1 atom stereocenters. The number of ether oxygens (including phenoxy) is 1. The van der Waals surface area contributed by atoms with Crippen LogP contribution in [0.25, 0.3) is 6.08 Å². The quantitative estimate of drug-likeness (QED) is 0.622. The van der Waals surface area contributed by atoms with Gasteiger partial charge >= 0.3 is 5.97 Å². The Kier molecular flexibility index (Phi) is 5.07. The molecule has 0 radical (unpaired) electrons. The molecule has 3 heterocycles. The zero-order valence-electron chi connectivity index (χ0n) is 16.3. The van der Waals surface area contributed by atoms with Crippen molar-refractivity contribution in [2.45, 2.75) is 26.3 Å². The van der Waals surface area contributed by atoms with E-state index in [1.807, 2.05) is 56.3 Å². The molecule has 0 bridgehead atoms. The number of hydrogen-bond donors (Lipinski definition) is 0. The Hall–Kier alpha value is -3.19. The maximum atomic E-state index is 13.3. The molecule has 4 rings (SSSR count). The van der Waals surface area contributed by atoms with Gasteiger partial charge in [-0.05, 0) is 31.0 Å². The number of aryl methyl sites for hydroxylation is 1. The smallest absolute Gasteiger partial charge is 0.338 e. The Morgan fingerprint density at radius 3 is 2.66 bits per heavy atom. The average Bonchev–Trinajstić information content (AvgIpc) is 3.29. The first kappa shape index (κ1) is 19.1. The van der Waals surface area contributed by atoms with Gasteiger partial charge in [-0.2, -0.15) is 0 Å². The highest BCUT2D eigenvalue weighted by molar-refractivity contribution is 7.07. The van der Waals surface area contributed by atoms with Crippen LogP contribution < -0.4 is 14.9 Å². The maximum Gasteiger partial charge on any atom is 0.338 e. The minimum Gasteiger partial charge on any atom is -0.466 e. The minimum absolute atomic E-state index is 0.215. The van der Waals surface area contributed by atoms with Crippen molar-refractivity contribution in [3.05, 3.63) is 90.5 Å². The Morgan fingerprint density at radius 1 is 1.28 bits per heavy atom. The Labute approximate surface area is 171 Å². The summed E-state index contributed by atoms with van der Waals surface area (Å²) in [6.07, 6.45) is 2.27. The Bertz CT molecular complexity index is 1280. The predicted molar refractivity (Wildman–Crippen MR) is 110 cm³/mol. The molecule has 0 amide bonds. The highest BCUT2D eigenvalue weighted by Crippen LogP contribution is 2.31. The van der Waals surface area contributed by atoms with Gasteiger partial charge in [-0.3, -0.25) is 9.36 Å². The minimum atomic E-state index is -0.588. The van der Waals surface area contributed by atoms with Crippen molar-refractivity contribution in [3.8, 4) is 0 Å². The van der Waals surface area contributed by atoms with E-state index in [4.69, 9.17) is 9.15 Å². The van der Waals surface area contributed by atoms with Gasteiger partial charge in [-0.25, -0.2) is 9.79 Å². The standard InChI is InChI=1S/C22H20N2O4S/c1-4-16-18(21(26)27-3)19(14-8-6-5-7-9-14)24-20(25)17(29-22(24)23-16)12-15-11-10-13(2)28-15/h5-12,19H,4H2,1-3H3/b17-12-/t19-/m0/s1. The van der Waals surface area contributed by atoms with Crippen LogP contribution in [0.1, 0.15) is 36.5 Å². The van der Waals surface area contributed by atoms with Gasteiger partial charge < -0.3 is 9.15 Å². The lowest BCUT2D eigenvalue weighted by Gasteiger charge is -2.25. The second-order valence-corrected chi connectivity index (χ2v) is 7.66. The van der Waals surface area contributed by atoms with E-state index in [0.29, 0.717) is 32.8 Å². The van der Waals surface area contributed by atoms with E-state index in [1.54, 1.807) is 10.6 Å². The number of carbonyl (C=O) groups is 1.